The van der Waals surface area contributed by atoms with Crippen LogP contribution in [0.5, 0.6) is 11.5 Å². The summed E-state index contributed by atoms with van der Waals surface area (Å²) in [5.74, 6) is -0.998. The first-order valence-electron chi connectivity index (χ1n) is 13.5. The van der Waals surface area contributed by atoms with Crippen molar-refractivity contribution in [1.29, 1.82) is 0 Å². The van der Waals surface area contributed by atoms with Crippen LogP contribution in [0, 0.1) is 25.6 Å². The zero-order valence-corrected chi connectivity index (χ0v) is 23.9. The van der Waals surface area contributed by atoms with Gasteiger partial charge >= 0.3 is 5.97 Å². The van der Waals surface area contributed by atoms with Crippen LogP contribution in [0.25, 0.3) is 22.3 Å². The van der Waals surface area contributed by atoms with E-state index in [1.165, 1.54) is 19.4 Å². The second kappa shape index (κ2) is 12.0. The summed E-state index contributed by atoms with van der Waals surface area (Å²) in [4.78, 5) is 30.1. The number of anilines is 1. The average molecular weight is 570 g/mol. The third-order valence-electron chi connectivity index (χ3n) is 7.78. The van der Waals surface area contributed by atoms with Gasteiger partial charge in [-0.15, -0.1) is 0 Å². The molecule has 2 N–H and O–H groups in total. The highest BCUT2D eigenvalue weighted by Crippen LogP contribution is 2.38. The quantitative estimate of drug-likeness (QED) is 0.257. The zero-order chi connectivity index (χ0) is 30.0. The lowest BCUT2D eigenvalue weighted by Crippen LogP contribution is -2.49. The van der Waals surface area contributed by atoms with E-state index in [0.717, 1.165) is 27.8 Å². The van der Waals surface area contributed by atoms with E-state index in [1.54, 1.807) is 19.2 Å². The molecule has 1 amide bonds. The molecule has 1 aliphatic rings. The molecule has 1 aromatic heterocycles. The van der Waals surface area contributed by atoms with Gasteiger partial charge in [-0.2, -0.15) is 0 Å². The molecule has 216 valence electrons. The molecule has 8 nitrogen and oxygen atoms in total. The molecule has 3 aromatic carbocycles. The molecule has 9 heteroatoms. The maximum Gasteiger partial charge on any atom is 0.309 e. The molecule has 1 fully saturated rings. The van der Waals surface area contributed by atoms with Crippen LogP contribution in [0.3, 0.4) is 0 Å². The number of hydrogen-bond acceptors (Lipinski definition) is 6. The molecule has 1 saturated heterocycles. The van der Waals surface area contributed by atoms with Gasteiger partial charge in [-0.3, -0.25) is 14.5 Å². The monoisotopic (exact) mass is 569 g/mol. The van der Waals surface area contributed by atoms with E-state index in [-0.39, 0.29) is 18.1 Å². The third-order valence-corrected chi connectivity index (χ3v) is 7.78. The van der Waals surface area contributed by atoms with Crippen LogP contribution in [0.2, 0.25) is 0 Å². The summed E-state index contributed by atoms with van der Waals surface area (Å²) in [5.41, 5.74) is 6.58. The van der Waals surface area contributed by atoms with E-state index in [0.29, 0.717) is 41.4 Å². The molecule has 0 spiro atoms. The first-order chi connectivity index (χ1) is 20.2. The van der Waals surface area contributed by atoms with Crippen molar-refractivity contribution in [3.05, 3.63) is 95.1 Å². The van der Waals surface area contributed by atoms with E-state index < -0.39 is 17.7 Å². The van der Waals surface area contributed by atoms with E-state index in [1.807, 2.05) is 61.2 Å². The third kappa shape index (κ3) is 5.69. The number of likely N-dealkylation sites (tertiary alicyclic amines) is 1. The molecular formula is C33H32FN3O5. The number of ether oxygens (including phenoxy) is 2. The number of hydrogen-bond donors (Lipinski definition) is 2. The molecule has 0 atom stereocenters. The van der Waals surface area contributed by atoms with Crippen LogP contribution in [-0.2, 0) is 11.3 Å². The number of nitrogens with one attached hydrogen (secondary N) is 1. The van der Waals surface area contributed by atoms with Crippen LogP contribution in [0.15, 0.2) is 66.9 Å². The van der Waals surface area contributed by atoms with Gasteiger partial charge in [0.2, 0.25) is 0 Å². The van der Waals surface area contributed by atoms with Crippen molar-refractivity contribution in [3.8, 4) is 33.8 Å². The van der Waals surface area contributed by atoms with Gasteiger partial charge in [0.15, 0.2) is 0 Å². The lowest BCUT2D eigenvalue weighted by molar-refractivity contribution is -0.147. The highest BCUT2D eigenvalue weighted by molar-refractivity contribution is 6.04. The van der Waals surface area contributed by atoms with Gasteiger partial charge in [0.25, 0.3) is 5.91 Å². The summed E-state index contributed by atoms with van der Waals surface area (Å²) in [6.45, 7) is 4.98. The lowest BCUT2D eigenvalue weighted by atomic mass is 9.90. The fourth-order valence-electron chi connectivity index (χ4n) is 5.31. The molecule has 42 heavy (non-hydrogen) atoms. The maximum atomic E-state index is 15.5. The van der Waals surface area contributed by atoms with Gasteiger partial charge in [-0.1, -0.05) is 30.3 Å². The SMILES string of the molecule is COc1ccc(C(=O)Nc2cccc(-c3cccc(-c4cc(F)c(CN5CC(C(=O)O)C5)c(OC)c4)c3C)c2C)nc1. The first kappa shape index (κ1) is 28.8. The molecule has 2 heterocycles. The molecule has 4 aromatic rings. The Balaban J connectivity index is 1.43. The van der Waals surface area contributed by atoms with Crippen molar-refractivity contribution in [1.82, 2.24) is 9.88 Å². The number of benzene rings is 3. The van der Waals surface area contributed by atoms with Crippen LogP contribution >= 0.6 is 0 Å². The normalized spacial score (nSPS) is 13.4. The molecule has 0 bridgehead atoms. The van der Waals surface area contributed by atoms with Crippen molar-refractivity contribution in [2.45, 2.75) is 20.4 Å². The van der Waals surface area contributed by atoms with Gasteiger partial charge < -0.3 is 19.9 Å². The molecule has 0 aliphatic carbocycles. The number of methoxy groups -OCH3 is 2. The summed E-state index contributed by atoms with van der Waals surface area (Å²) in [7, 11) is 3.05. The molecule has 0 saturated carbocycles. The average Bonchev–Trinajstić information content (AvgIpc) is 2.96. The Hall–Kier alpha value is -4.76. The number of carbonyl (C=O) groups is 2. The number of nitrogens with zero attached hydrogens (tertiary/aromatic N) is 2. The van der Waals surface area contributed by atoms with Crippen LogP contribution in [0.1, 0.15) is 27.2 Å². The number of carbonyl (C=O) groups excluding carboxylic acids is 1. The number of carboxylic acids is 1. The number of amides is 1. The number of rotatable bonds is 9. The highest BCUT2D eigenvalue weighted by Gasteiger charge is 2.33. The van der Waals surface area contributed by atoms with Gasteiger partial charge in [-0.05, 0) is 77.6 Å². The largest absolute Gasteiger partial charge is 0.496 e. The van der Waals surface area contributed by atoms with Crippen molar-refractivity contribution in [2.75, 3.05) is 32.6 Å². The standard InChI is InChI=1S/C33H32FN3O5/c1-19-24(21-13-28(34)27(31(14-21)42-4)18-37-16-22(17-37)33(39)40)7-5-8-25(19)26-9-6-10-29(20(26)2)36-32(38)30-12-11-23(41-3)15-35-30/h5-15,22H,16-18H2,1-4H3,(H,36,38)(H,39,40). The zero-order valence-electron chi connectivity index (χ0n) is 23.9. The van der Waals surface area contributed by atoms with Gasteiger partial charge in [0.05, 0.1) is 26.3 Å². The Labute approximate surface area is 243 Å². The van der Waals surface area contributed by atoms with Gasteiger partial charge in [-0.25, -0.2) is 9.37 Å². The summed E-state index contributed by atoms with van der Waals surface area (Å²) < 4.78 is 26.2. The number of pyridine rings is 1. The van der Waals surface area contributed by atoms with Gasteiger partial charge in [0, 0.05) is 30.9 Å². The summed E-state index contributed by atoms with van der Waals surface area (Å²) in [5, 5.41) is 12.1. The van der Waals surface area contributed by atoms with Crippen molar-refractivity contribution in [3.63, 3.8) is 0 Å². The maximum absolute atomic E-state index is 15.5. The predicted octanol–water partition coefficient (Wildman–Crippen LogP) is 5.96. The predicted molar refractivity (Wildman–Crippen MR) is 158 cm³/mol. The minimum atomic E-state index is -0.832. The summed E-state index contributed by atoms with van der Waals surface area (Å²) in [6.07, 6.45) is 1.50. The number of aliphatic carboxylic acids is 1. The summed E-state index contributed by atoms with van der Waals surface area (Å²) >= 11 is 0. The Morgan fingerprint density at radius 1 is 0.976 bits per heavy atom. The van der Waals surface area contributed by atoms with Crippen molar-refractivity contribution >= 4 is 17.6 Å². The van der Waals surface area contributed by atoms with E-state index in [2.05, 4.69) is 10.3 Å². The van der Waals surface area contributed by atoms with Crippen molar-refractivity contribution < 1.29 is 28.6 Å². The Kier molecular flexibility index (Phi) is 8.22. The molecule has 0 radical (unpaired) electrons. The Bertz CT molecular complexity index is 1650. The highest BCUT2D eigenvalue weighted by atomic mass is 19.1. The lowest BCUT2D eigenvalue weighted by Gasteiger charge is -2.36. The fourth-order valence-corrected chi connectivity index (χ4v) is 5.31. The van der Waals surface area contributed by atoms with E-state index in [9.17, 15) is 9.59 Å². The smallest absolute Gasteiger partial charge is 0.309 e. The van der Waals surface area contributed by atoms with Crippen LogP contribution in [0.4, 0.5) is 10.1 Å². The molecular weight excluding hydrogens is 537 g/mol. The van der Waals surface area contributed by atoms with Crippen LogP contribution < -0.4 is 14.8 Å². The number of halogens is 1. The summed E-state index contributed by atoms with van der Waals surface area (Å²) in [6, 6.07) is 18.2. The molecule has 5 rings (SSSR count). The Morgan fingerprint density at radius 2 is 1.67 bits per heavy atom. The minimum absolute atomic E-state index is 0.272. The van der Waals surface area contributed by atoms with Crippen molar-refractivity contribution in [2.24, 2.45) is 5.92 Å². The number of carboxylic acid groups (broad SMARTS) is 1. The Morgan fingerprint density at radius 3 is 2.31 bits per heavy atom. The minimum Gasteiger partial charge on any atom is -0.496 e. The molecule has 1 aliphatic heterocycles. The topological polar surface area (TPSA) is 101 Å². The van der Waals surface area contributed by atoms with Gasteiger partial charge in [0.1, 0.15) is 23.0 Å². The fraction of sp³-hybridized carbons (Fsp3) is 0.242. The second-order valence-corrected chi connectivity index (χ2v) is 10.4. The second-order valence-electron chi connectivity index (χ2n) is 10.4. The number of aromatic nitrogens is 1. The first-order valence-corrected chi connectivity index (χ1v) is 13.5. The van der Waals surface area contributed by atoms with E-state index >= 15 is 4.39 Å². The van der Waals surface area contributed by atoms with Crippen LogP contribution in [-0.4, -0.2) is 54.2 Å². The van der Waals surface area contributed by atoms with E-state index in [4.69, 9.17) is 14.6 Å². The molecule has 0 unspecified atom stereocenters.